The van der Waals surface area contributed by atoms with E-state index in [0.717, 1.165) is 11.1 Å². The van der Waals surface area contributed by atoms with Crippen LogP contribution < -0.4 is 10.2 Å². The highest BCUT2D eigenvalue weighted by molar-refractivity contribution is 5.43. The van der Waals surface area contributed by atoms with E-state index in [4.69, 9.17) is 14.9 Å². The van der Waals surface area contributed by atoms with Crippen molar-refractivity contribution in [2.75, 3.05) is 6.61 Å². The number of ether oxygens (including phenoxy) is 2. The molecule has 4 rings (SSSR count). The Balaban J connectivity index is 1.68. The molecule has 2 aromatic carbocycles. The number of nitrogens with one attached hydrogen (secondary N) is 1. The number of rotatable bonds is 4. The van der Waals surface area contributed by atoms with E-state index in [2.05, 4.69) is 11.2 Å². The molecular weight excluding hydrogens is 340 g/mol. The highest BCUT2D eigenvalue weighted by atomic mass is 16.5. The summed E-state index contributed by atoms with van der Waals surface area (Å²) in [6.45, 7) is 1.36. The third-order valence-electron chi connectivity index (χ3n) is 4.48. The molecule has 0 unspecified atom stereocenters. The van der Waals surface area contributed by atoms with Crippen LogP contribution in [0.4, 0.5) is 0 Å². The number of nitrogens with zero attached hydrogens (tertiary/aromatic N) is 3. The van der Waals surface area contributed by atoms with Crippen molar-refractivity contribution >= 4 is 0 Å². The van der Waals surface area contributed by atoms with Crippen LogP contribution in [0.25, 0.3) is 5.69 Å². The van der Waals surface area contributed by atoms with E-state index in [-0.39, 0.29) is 5.49 Å². The zero-order chi connectivity index (χ0) is 18.6. The van der Waals surface area contributed by atoms with E-state index in [9.17, 15) is 5.26 Å². The summed E-state index contributed by atoms with van der Waals surface area (Å²) < 4.78 is 12.8. The number of benzene rings is 2. The zero-order valence-electron chi connectivity index (χ0n) is 14.7. The van der Waals surface area contributed by atoms with E-state index in [1.807, 2.05) is 54.6 Å². The second-order valence-corrected chi connectivity index (χ2v) is 6.25. The average Bonchev–Trinajstić information content (AvgIpc) is 2.73. The first kappa shape index (κ1) is 17.0. The second-order valence-electron chi connectivity index (χ2n) is 6.25. The number of aromatic nitrogens is 2. The van der Waals surface area contributed by atoms with Crippen LogP contribution in [0, 0.1) is 16.7 Å². The molecule has 0 amide bonds. The molecule has 0 radical (unpaired) electrons. The third kappa shape index (κ3) is 3.46. The van der Waals surface area contributed by atoms with Crippen LogP contribution in [0.1, 0.15) is 22.4 Å². The van der Waals surface area contributed by atoms with Crippen LogP contribution in [0.15, 0.2) is 54.6 Å². The highest BCUT2D eigenvalue weighted by Crippen LogP contribution is 2.20. The first-order chi connectivity index (χ1) is 13.3. The van der Waals surface area contributed by atoms with Crippen molar-refractivity contribution in [3.63, 3.8) is 0 Å². The molecule has 1 aliphatic heterocycles. The van der Waals surface area contributed by atoms with Crippen LogP contribution in [-0.4, -0.2) is 16.4 Å². The smallest absolute Gasteiger partial charge is 0.164 e. The first-order valence-electron chi connectivity index (χ1n) is 8.71. The molecule has 2 heterocycles. The van der Waals surface area contributed by atoms with Gasteiger partial charge in [-0.3, -0.25) is 5.41 Å². The Morgan fingerprint density at radius 2 is 2.04 bits per heavy atom. The van der Waals surface area contributed by atoms with Gasteiger partial charge in [0.25, 0.3) is 0 Å². The molecule has 6 nitrogen and oxygen atoms in total. The van der Waals surface area contributed by atoms with Gasteiger partial charge in [-0.2, -0.15) is 10.4 Å². The summed E-state index contributed by atoms with van der Waals surface area (Å²) in [5, 5.41) is 22.5. The van der Waals surface area contributed by atoms with Gasteiger partial charge < -0.3 is 9.47 Å². The van der Waals surface area contributed by atoms with Crippen LogP contribution >= 0.6 is 0 Å². The highest BCUT2D eigenvalue weighted by Gasteiger charge is 2.19. The Morgan fingerprint density at radius 1 is 1.19 bits per heavy atom. The molecule has 0 saturated carbocycles. The largest absolute Gasteiger partial charge is 0.489 e. The molecular formula is C21H18N4O2. The quantitative estimate of drug-likeness (QED) is 0.777. The number of hydrogen-bond donors (Lipinski definition) is 1. The Labute approximate surface area is 156 Å². The van der Waals surface area contributed by atoms with Crippen molar-refractivity contribution in [1.29, 1.82) is 10.7 Å². The van der Waals surface area contributed by atoms with Crippen molar-refractivity contribution < 1.29 is 9.47 Å². The molecule has 1 N–H and O–H groups in total. The van der Waals surface area contributed by atoms with E-state index >= 15 is 0 Å². The summed E-state index contributed by atoms with van der Waals surface area (Å²) in [5.74, 6) is 0.678. The lowest BCUT2D eigenvalue weighted by Gasteiger charge is -2.19. The standard InChI is InChI=1S/C21H18N4O2/c22-12-19-18-9-10-26-14-20(18)24-25(21(19)23)16-7-4-8-17(11-16)27-13-15-5-2-1-3-6-15/h1-8,11,23H,9-10,13-14H2. The Hall–Kier alpha value is -3.43. The minimum Gasteiger partial charge on any atom is -0.489 e. The fourth-order valence-electron chi connectivity index (χ4n) is 3.11. The van der Waals surface area contributed by atoms with Crippen LogP contribution in [0.5, 0.6) is 5.75 Å². The van der Waals surface area contributed by atoms with E-state index < -0.39 is 0 Å². The molecule has 0 saturated heterocycles. The lowest BCUT2D eigenvalue weighted by molar-refractivity contribution is 0.105. The summed E-state index contributed by atoms with van der Waals surface area (Å²) in [4.78, 5) is 0. The van der Waals surface area contributed by atoms with Crippen molar-refractivity contribution in [2.24, 2.45) is 0 Å². The summed E-state index contributed by atoms with van der Waals surface area (Å²) in [5.41, 5.74) is 3.73. The predicted octanol–water partition coefficient (Wildman–Crippen LogP) is 2.88. The fraction of sp³-hybridized carbons (Fsp3) is 0.190. The lowest BCUT2D eigenvalue weighted by Crippen LogP contribution is -2.30. The van der Waals surface area contributed by atoms with Gasteiger partial charge in [0.1, 0.15) is 24.0 Å². The average molecular weight is 358 g/mol. The van der Waals surface area contributed by atoms with Crippen molar-refractivity contribution in [1.82, 2.24) is 9.78 Å². The normalized spacial score (nSPS) is 12.9. The predicted molar refractivity (Wildman–Crippen MR) is 98.3 cm³/mol. The molecule has 3 aromatic rings. The van der Waals surface area contributed by atoms with Crippen molar-refractivity contribution in [2.45, 2.75) is 19.6 Å². The molecule has 1 aromatic heterocycles. The van der Waals surface area contributed by atoms with Gasteiger partial charge in [-0.15, -0.1) is 0 Å². The summed E-state index contributed by atoms with van der Waals surface area (Å²) in [7, 11) is 0. The van der Waals surface area contributed by atoms with Gasteiger partial charge in [0, 0.05) is 11.6 Å². The van der Waals surface area contributed by atoms with Gasteiger partial charge in [0.05, 0.1) is 24.6 Å². The summed E-state index contributed by atoms with van der Waals surface area (Å²) in [6.07, 6.45) is 0.609. The fourth-order valence-corrected chi connectivity index (χ4v) is 3.11. The molecule has 1 aliphatic rings. The van der Waals surface area contributed by atoms with Crippen molar-refractivity contribution in [3.05, 3.63) is 82.5 Å². The maximum absolute atomic E-state index is 9.53. The molecule has 0 spiro atoms. The number of hydrogen-bond acceptors (Lipinski definition) is 5. The summed E-state index contributed by atoms with van der Waals surface area (Å²) in [6, 6.07) is 19.5. The molecule has 27 heavy (non-hydrogen) atoms. The van der Waals surface area contributed by atoms with Crippen LogP contribution in [0.3, 0.4) is 0 Å². The third-order valence-corrected chi connectivity index (χ3v) is 4.48. The minimum absolute atomic E-state index is 0.0818. The molecule has 0 bridgehead atoms. The molecule has 6 heteroatoms. The first-order valence-corrected chi connectivity index (χ1v) is 8.71. The second kappa shape index (κ2) is 7.44. The molecule has 0 atom stereocenters. The lowest BCUT2D eigenvalue weighted by atomic mass is 10.0. The van der Waals surface area contributed by atoms with Gasteiger partial charge in [0.15, 0.2) is 5.49 Å². The van der Waals surface area contributed by atoms with E-state index in [0.29, 0.717) is 48.9 Å². The maximum Gasteiger partial charge on any atom is 0.164 e. The van der Waals surface area contributed by atoms with Crippen molar-refractivity contribution in [3.8, 4) is 17.5 Å². The number of fused-ring (bicyclic) bond motifs is 1. The SMILES string of the molecule is N#Cc1c2c(nn(-c3cccc(OCc4ccccc4)c3)c1=N)COCC2. The zero-order valence-corrected chi connectivity index (χ0v) is 14.7. The Kier molecular flexibility index (Phi) is 4.69. The van der Waals surface area contributed by atoms with Crippen LogP contribution in [0.2, 0.25) is 0 Å². The van der Waals surface area contributed by atoms with Gasteiger partial charge in [-0.05, 0) is 24.1 Å². The molecule has 0 aliphatic carbocycles. The topological polar surface area (TPSA) is 83.9 Å². The van der Waals surface area contributed by atoms with E-state index in [1.54, 1.807) is 0 Å². The summed E-state index contributed by atoms with van der Waals surface area (Å²) >= 11 is 0. The minimum atomic E-state index is 0.0818. The Morgan fingerprint density at radius 3 is 2.85 bits per heavy atom. The monoisotopic (exact) mass is 358 g/mol. The maximum atomic E-state index is 9.53. The van der Waals surface area contributed by atoms with Gasteiger partial charge in [-0.1, -0.05) is 36.4 Å². The van der Waals surface area contributed by atoms with Gasteiger partial charge >= 0.3 is 0 Å². The number of nitriles is 1. The van der Waals surface area contributed by atoms with Gasteiger partial charge in [-0.25, -0.2) is 4.68 Å². The van der Waals surface area contributed by atoms with Crippen LogP contribution in [-0.2, 0) is 24.4 Å². The Bertz CT molecular complexity index is 1070. The molecule has 134 valence electrons. The van der Waals surface area contributed by atoms with Gasteiger partial charge in [0.2, 0.25) is 0 Å². The van der Waals surface area contributed by atoms with E-state index in [1.165, 1.54) is 4.68 Å². The molecule has 0 fully saturated rings.